The van der Waals surface area contributed by atoms with Crippen LogP contribution in [0.25, 0.3) is 0 Å². The van der Waals surface area contributed by atoms with E-state index in [4.69, 9.17) is 12.2 Å². The monoisotopic (exact) mass is 476 g/mol. The van der Waals surface area contributed by atoms with Gasteiger partial charge in [-0.2, -0.15) is 0 Å². The molecular formula is C24H20N4OS3. The second-order valence-electron chi connectivity index (χ2n) is 6.71. The van der Waals surface area contributed by atoms with Crippen LogP contribution in [-0.4, -0.2) is 16.0 Å². The predicted octanol–water partition coefficient (Wildman–Crippen LogP) is 6.42. The van der Waals surface area contributed by atoms with E-state index in [0.29, 0.717) is 10.2 Å². The Morgan fingerprint density at radius 3 is 2.28 bits per heavy atom. The van der Waals surface area contributed by atoms with E-state index in [1.165, 1.54) is 23.1 Å². The number of carbonyl (C=O) groups excluding carboxylic acids is 1. The number of thiocarbonyl (C=S) groups is 1. The molecule has 1 amide bonds. The fourth-order valence-corrected chi connectivity index (χ4v) is 4.81. The van der Waals surface area contributed by atoms with Crippen LogP contribution >= 0.6 is 35.3 Å². The molecule has 0 fully saturated rings. The smallest absolute Gasteiger partial charge is 0.244 e. The second kappa shape index (κ2) is 10.9. The molecular weight excluding hydrogens is 456 g/mol. The maximum absolute atomic E-state index is 13.1. The van der Waals surface area contributed by atoms with Crippen LogP contribution in [0.1, 0.15) is 10.8 Å². The predicted molar refractivity (Wildman–Crippen MR) is 139 cm³/mol. The standard InChI is InChI=1S/C24H20N4OS3/c29-22(28-24-25-14-15-31-24)21(17-8-3-1-4-9-17)32-20-13-7-12-19(16-20)27-23(30)26-18-10-5-2-6-11-18/h1-16,21H,(H,25,28,29)(H2,26,27,30). The summed E-state index contributed by atoms with van der Waals surface area (Å²) in [7, 11) is 0. The van der Waals surface area contributed by atoms with Gasteiger partial charge in [0.25, 0.3) is 0 Å². The van der Waals surface area contributed by atoms with Crippen LogP contribution in [0, 0.1) is 0 Å². The van der Waals surface area contributed by atoms with E-state index < -0.39 is 5.25 Å². The van der Waals surface area contributed by atoms with Gasteiger partial charge in [-0.25, -0.2) is 4.98 Å². The number of hydrogen-bond acceptors (Lipinski definition) is 5. The van der Waals surface area contributed by atoms with E-state index in [-0.39, 0.29) is 5.91 Å². The average Bonchev–Trinajstić information content (AvgIpc) is 3.32. The van der Waals surface area contributed by atoms with E-state index in [2.05, 4.69) is 20.9 Å². The zero-order valence-electron chi connectivity index (χ0n) is 16.9. The molecule has 0 aliphatic heterocycles. The van der Waals surface area contributed by atoms with Crippen LogP contribution in [-0.2, 0) is 4.79 Å². The Balaban J connectivity index is 1.48. The summed E-state index contributed by atoms with van der Waals surface area (Å²) < 4.78 is 0. The highest BCUT2D eigenvalue weighted by atomic mass is 32.2. The summed E-state index contributed by atoms with van der Waals surface area (Å²) >= 11 is 8.31. The molecule has 4 rings (SSSR count). The lowest BCUT2D eigenvalue weighted by Crippen LogP contribution is -2.19. The summed E-state index contributed by atoms with van der Waals surface area (Å²) in [5.41, 5.74) is 2.68. The van der Waals surface area contributed by atoms with Crippen molar-refractivity contribution in [2.45, 2.75) is 10.1 Å². The van der Waals surface area contributed by atoms with Crippen molar-refractivity contribution in [2.24, 2.45) is 0 Å². The Hall–Kier alpha value is -3.20. The molecule has 0 saturated heterocycles. The first-order valence-corrected chi connectivity index (χ1v) is 12.0. The van der Waals surface area contributed by atoms with Crippen LogP contribution in [0.5, 0.6) is 0 Å². The third-order valence-corrected chi connectivity index (χ3v) is 6.52. The van der Waals surface area contributed by atoms with Gasteiger partial charge in [0.05, 0.1) is 0 Å². The quantitative estimate of drug-likeness (QED) is 0.211. The number of amides is 1. The number of nitrogens with zero attached hydrogens (tertiary/aromatic N) is 1. The number of thiazole rings is 1. The molecule has 160 valence electrons. The van der Waals surface area contributed by atoms with Crippen molar-refractivity contribution in [2.75, 3.05) is 16.0 Å². The van der Waals surface area contributed by atoms with Crippen molar-refractivity contribution < 1.29 is 4.79 Å². The molecule has 32 heavy (non-hydrogen) atoms. The van der Waals surface area contributed by atoms with Gasteiger partial charge in [-0.1, -0.05) is 54.6 Å². The van der Waals surface area contributed by atoms with Crippen molar-refractivity contribution in [3.8, 4) is 0 Å². The number of anilines is 3. The number of aromatic nitrogens is 1. The summed E-state index contributed by atoms with van der Waals surface area (Å²) in [6, 6.07) is 27.3. The summed E-state index contributed by atoms with van der Waals surface area (Å²) in [5, 5.41) is 11.8. The first-order valence-electron chi connectivity index (χ1n) is 9.82. The van der Waals surface area contributed by atoms with Crippen molar-refractivity contribution in [1.82, 2.24) is 4.98 Å². The average molecular weight is 477 g/mol. The maximum atomic E-state index is 13.1. The lowest BCUT2D eigenvalue weighted by molar-refractivity contribution is -0.115. The van der Waals surface area contributed by atoms with Gasteiger partial charge in [0.1, 0.15) is 5.25 Å². The molecule has 5 nitrogen and oxygen atoms in total. The lowest BCUT2D eigenvalue weighted by Gasteiger charge is -2.17. The van der Waals surface area contributed by atoms with E-state index in [1.54, 1.807) is 6.20 Å². The van der Waals surface area contributed by atoms with Gasteiger partial charge >= 0.3 is 0 Å². The largest absolute Gasteiger partial charge is 0.332 e. The molecule has 0 bridgehead atoms. The number of carbonyl (C=O) groups is 1. The van der Waals surface area contributed by atoms with E-state index in [0.717, 1.165) is 21.8 Å². The van der Waals surface area contributed by atoms with Crippen LogP contribution in [0.4, 0.5) is 16.5 Å². The first kappa shape index (κ1) is 22.0. The third kappa shape index (κ3) is 6.16. The summed E-state index contributed by atoms with van der Waals surface area (Å²) in [6.45, 7) is 0. The highest BCUT2D eigenvalue weighted by molar-refractivity contribution is 8.00. The first-order chi connectivity index (χ1) is 15.7. The highest BCUT2D eigenvalue weighted by Gasteiger charge is 2.23. The highest BCUT2D eigenvalue weighted by Crippen LogP contribution is 2.37. The Bertz CT molecular complexity index is 1170. The molecule has 0 spiro atoms. The minimum atomic E-state index is -0.426. The van der Waals surface area contributed by atoms with Crippen molar-refractivity contribution >= 4 is 62.8 Å². The molecule has 0 radical (unpaired) electrons. The molecule has 3 N–H and O–H groups in total. The molecule has 3 aromatic carbocycles. The van der Waals surface area contributed by atoms with Gasteiger partial charge in [0, 0.05) is 27.8 Å². The Morgan fingerprint density at radius 2 is 1.56 bits per heavy atom. The van der Waals surface area contributed by atoms with Gasteiger partial charge in [-0.05, 0) is 48.1 Å². The maximum Gasteiger partial charge on any atom is 0.244 e. The third-order valence-electron chi connectivity index (χ3n) is 4.38. The summed E-state index contributed by atoms with van der Waals surface area (Å²) in [6.07, 6.45) is 1.67. The number of benzene rings is 3. The van der Waals surface area contributed by atoms with E-state index in [9.17, 15) is 4.79 Å². The molecule has 4 aromatic rings. The molecule has 1 aromatic heterocycles. The summed E-state index contributed by atoms with van der Waals surface area (Å²) in [4.78, 5) is 18.2. The number of hydrogen-bond donors (Lipinski definition) is 3. The van der Waals surface area contributed by atoms with Crippen LogP contribution in [0.15, 0.2) is 101 Å². The van der Waals surface area contributed by atoms with Crippen LogP contribution in [0.2, 0.25) is 0 Å². The number of thioether (sulfide) groups is 1. The minimum absolute atomic E-state index is 0.115. The SMILES string of the molecule is O=C(Nc1nccs1)C(Sc1cccc(NC(=S)Nc2ccccc2)c1)c1ccccc1. The molecule has 1 unspecified atom stereocenters. The van der Waals surface area contributed by atoms with Crippen LogP contribution < -0.4 is 16.0 Å². The molecule has 1 atom stereocenters. The summed E-state index contributed by atoms with van der Waals surface area (Å²) in [5.74, 6) is -0.115. The number of para-hydroxylation sites is 1. The van der Waals surface area contributed by atoms with Gasteiger partial charge in [-0.15, -0.1) is 23.1 Å². The van der Waals surface area contributed by atoms with Gasteiger partial charge in [0.2, 0.25) is 5.91 Å². The molecule has 0 aliphatic rings. The number of nitrogens with one attached hydrogen (secondary N) is 3. The van der Waals surface area contributed by atoms with Gasteiger partial charge < -0.3 is 16.0 Å². The Kier molecular flexibility index (Phi) is 7.50. The fourth-order valence-electron chi connectivity index (χ4n) is 2.96. The van der Waals surface area contributed by atoms with E-state index in [1.807, 2.05) is 90.3 Å². The Morgan fingerprint density at radius 1 is 0.875 bits per heavy atom. The molecule has 8 heteroatoms. The van der Waals surface area contributed by atoms with Crippen molar-refractivity contribution in [1.29, 1.82) is 0 Å². The van der Waals surface area contributed by atoms with E-state index >= 15 is 0 Å². The van der Waals surface area contributed by atoms with Gasteiger partial charge in [0.15, 0.2) is 10.2 Å². The minimum Gasteiger partial charge on any atom is -0.332 e. The van der Waals surface area contributed by atoms with Gasteiger partial charge in [-0.3, -0.25) is 4.79 Å². The molecule has 0 aliphatic carbocycles. The zero-order valence-corrected chi connectivity index (χ0v) is 19.3. The second-order valence-corrected chi connectivity index (χ2v) is 9.19. The number of rotatable bonds is 7. The van der Waals surface area contributed by atoms with Crippen LogP contribution in [0.3, 0.4) is 0 Å². The normalized spacial score (nSPS) is 11.4. The fraction of sp³-hybridized carbons (Fsp3) is 0.0417. The lowest BCUT2D eigenvalue weighted by atomic mass is 10.1. The Labute approximate surface area is 200 Å². The topological polar surface area (TPSA) is 66.0 Å². The molecule has 1 heterocycles. The zero-order chi connectivity index (χ0) is 22.2. The molecule has 0 saturated carbocycles. The van der Waals surface area contributed by atoms with Crippen molar-refractivity contribution in [3.63, 3.8) is 0 Å². The van der Waals surface area contributed by atoms with Crippen molar-refractivity contribution in [3.05, 3.63) is 102 Å².